The first-order valence-corrected chi connectivity index (χ1v) is 6.79. The van der Waals surface area contributed by atoms with Gasteiger partial charge in [0.2, 0.25) is 0 Å². The van der Waals surface area contributed by atoms with Crippen molar-refractivity contribution < 1.29 is 15.1 Å². The van der Waals surface area contributed by atoms with Gasteiger partial charge in [-0.25, -0.2) is 0 Å². The lowest BCUT2D eigenvalue weighted by molar-refractivity contribution is -0.384. The van der Waals surface area contributed by atoms with Crippen molar-refractivity contribution in [2.75, 3.05) is 18.0 Å². The second-order valence-corrected chi connectivity index (χ2v) is 5.42. The predicted octanol–water partition coefficient (Wildman–Crippen LogP) is 1.86. The molecule has 1 fully saturated rings. The molecule has 20 heavy (non-hydrogen) atoms. The molecule has 2 N–H and O–H groups in total. The Balaban J connectivity index is 2.30. The van der Waals surface area contributed by atoms with Crippen LogP contribution in [0.15, 0.2) is 18.2 Å². The summed E-state index contributed by atoms with van der Waals surface area (Å²) in [6.07, 6.45) is -0.310. The highest BCUT2D eigenvalue weighted by molar-refractivity contribution is 5.65. The van der Waals surface area contributed by atoms with Gasteiger partial charge in [-0.3, -0.25) is 10.1 Å². The zero-order chi connectivity index (χ0) is 14.9. The smallest absolute Gasteiger partial charge is 0.292 e. The van der Waals surface area contributed by atoms with Gasteiger partial charge in [-0.2, -0.15) is 0 Å². The Labute approximate surface area is 117 Å². The summed E-state index contributed by atoms with van der Waals surface area (Å²) in [5, 5.41) is 30.4. The molecule has 6 heteroatoms. The molecule has 1 heterocycles. The fourth-order valence-corrected chi connectivity index (χ4v) is 2.61. The van der Waals surface area contributed by atoms with Gasteiger partial charge in [0, 0.05) is 25.1 Å². The van der Waals surface area contributed by atoms with E-state index in [1.807, 2.05) is 4.90 Å². The standard InChI is InChI=1S/C14H20N2O4/c1-9(17)11-3-4-13(14(7-11)16(19)20)15-6-5-12(8-15)10(2)18/h3-4,7,9-10,12,17-18H,5-6,8H2,1-2H3/t9-,10?,12?/m1/s1. The van der Waals surface area contributed by atoms with E-state index in [9.17, 15) is 20.3 Å². The minimum atomic E-state index is -0.730. The molecule has 0 aliphatic carbocycles. The van der Waals surface area contributed by atoms with E-state index in [4.69, 9.17) is 0 Å². The van der Waals surface area contributed by atoms with E-state index in [-0.39, 0.29) is 11.6 Å². The zero-order valence-electron chi connectivity index (χ0n) is 11.7. The maximum Gasteiger partial charge on any atom is 0.292 e. The fourth-order valence-electron chi connectivity index (χ4n) is 2.61. The quantitative estimate of drug-likeness (QED) is 0.649. The Morgan fingerprint density at radius 1 is 1.40 bits per heavy atom. The minimum absolute atomic E-state index is 0.00893. The van der Waals surface area contributed by atoms with Gasteiger partial charge in [-0.05, 0) is 31.9 Å². The lowest BCUT2D eigenvalue weighted by Crippen LogP contribution is -2.24. The van der Waals surface area contributed by atoms with Gasteiger partial charge in [0.1, 0.15) is 5.69 Å². The fraction of sp³-hybridized carbons (Fsp3) is 0.571. The van der Waals surface area contributed by atoms with E-state index >= 15 is 0 Å². The van der Waals surface area contributed by atoms with Gasteiger partial charge >= 0.3 is 0 Å². The molecule has 0 radical (unpaired) electrons. The van der Waals surface area contributed by atoms with Crippen molar-refractivity contribution in [2.24, 2.45) is 5.92 Å². The van der Waals surface area contributed by atoms with Crippen LogP contribution < -0.4 is 4.90 Å². The van der Waals surface area contributed by atoms with Crippen LogP contribution in [-0.2, 0) is 0 Å². The largest absolute Gasteiger partial charge is 0.393 e. The molecule has 1 aliphatic heterocycles. The van der Waals surface area contributed by atoms with E-state index in [1.165, 1.54) is 6.07 Å². The molecular formula is C14H20N2O4. The lowest BCUT2D eigenvalue weighted by Gasteiger charge is -2.20. The van der Waals surface area contributed by atoms with E-state index in [2.05, 4.69) is 0 Å². The van der Waals surface area contributed by atoms with E-state index in [1.54, 1.807) is 26.0 Å². The van der Waals surface area contributed by atoms with E-state index in [0.29, 0.717) is 24.3 Å². The Morgan fingerprint density at radius 3 is 2.60 bits per heavy atom. The molecule has 1 aliphatic rings. The number of nitro benzene ring substituents is 1. The van der Waals surface area contributed by atoms with Crippen molar-refractivity contribution in [2.45, 2.75) is 32.5 Å². The summed E-state index contributed by atoms with van der Waals surface area (Å²) in [6.45, 7) is 4.65. The van der Waals surface area contributed by atoms with Crippen LogP contribution in [0.25, 0.3) is 0 Å². The molecule has 3 atom stereocenters. The van der Waals surface area contributed by atoms with Crippen LogP contribution in [0.2, 0.25) is 0 Å². The van der Waals surface area contributed by atoms with Crippen molar-refractivity contribution >= 4 is 11.4 Å². The molecule has 2 rings (SSSR count). The first kappa shape index (κ1) is 14.7. The first-order chi connectivity index (χ1) is 9.40. The number of rotatable bonds is 4. The number of nitro groups is 1. The van der Waals surface area contributed by atoms with Crippen LogP contribution in [-0.4, -0.2) is 34.3 Å². The Morgan fingerprint density at radius 2 is 2.10 bits per heavy atom. The number of aliphatic hydroxyl groups excluding tert-OH is 2. The maximum atomic E-state index is 11.2. The van der Waals surface area contributed by atoms with Gasteiger partial charge in [0.25, 0.3) is 5.69 Å². The second kappa shape index (κ2) is 5.76. The number of hydrogen-bond donors (Lipinski definition) is 2. The zero-order valence-corrected chi connectivity index (χ0v) is 11.7. The van der Waals surface area contributed by atoms with E-state index in [0.717, 1.165) is 6.42 Å². The molecule has 0 saturated carbocycles. The number of hydrogen-bond acceptors (Lipinski definition) is 5. The molecular weight excluding hydrogens is 260 g/mol. The Kier molecular flexibility index (Phi) is 4.25. The summed E-state index contributed by atoms with van der Waals surface area (Å²) < 4.78 is 0. The van der Waals surface area contributed by atoms with Gasteiger partial charge in [-0.1, -0.05) is 6.07 Å². The van der Waals surface area contributed by atoms with Crippen LogP contribution in [0.1, 0.15) is 31.9 Å². The van der Waals surface area contributed by atoms with Gasteiger partial charge in [0.15, 0.2) is 0 Å². The van der Waals surface area contributed by atoms with Gasteiger partial charge in [-0.15, -0.1) is 0 Å². The second-order valence-electron chi connectivity index (χ2n) is 5.42. The summed E-state index contributed by atoms with van der Waals surface area (Å²) >= 11 is 0. The Bertz CT molecular complexity index is 502. The van der Waals surface area contributed by atoms with Crippen LogP contribution in [0.5, 0.6) is 0 Å². The van der Waals surface area contributed by atoms with Gasteiger partial charge in [0.05, 0.1) is 17.1 Å². The summed E-state index contributed by atoms with van der Waals surface area (Å²) in [5.74, 6) is 0.144. The summed E-state index contributed by atoms with van der Waals surface area (Å²) in [5.41, 5.74) is 1.10. The third-order valence-electron chi connectivity index (χ3n) is 3.93. The number of aliphatic hydroxyl groups is 2. The molecule has 1 saturated heterocycles. The minimum Gasteiger partial charge on any atom is -0.393 e. The molecule has 0 spiro atoms. The molecule has 1 aromatic carbocycles. The summed E-state index contributed by atoms with van der Waals surface area (Å²) in [6, 6.07) is 4.82. The van der Waals surface area contributed by atoms with Crippen LogP contribution >= 0.6 is 0 Å². The molecule has 0 bridgehead atoms. The van der Waals surface area contributed by atoms with Crippen molar-refractivity contribution in [3.05, 3.63) is 33.9 Å². The van der Waals surface area contributed by atoms with Gasteiger partial charge < -0.3 is 15.1 Å². The number of nitrogens with zero attached hydrogens (tertiary/aromatic N) is 2. The van der Waals surface area contributed by atoms with Crippen LogP contribution in [0, 0.1) is 16.0 Å². The maximum absolute atomic E-state index is 11.2. The first-order valence-electron chi connectivity index (χ1n) is 6.79. The summed E-state index contributed by atoms with van der Waals surface area (Å²) in [4.78, 5) is 12.7. The third-order valence-corrected chi connectivity index (χ3v) is 3.93. The highest BCUT2D eigenvalue weighted by Crippen LogP contribution is 2.34. The molecule has 6 nitrogen and oxygen atoms in total. The molecule has 110 valence electrons. The number of anilines is 1. The number of benzene rings is 1. The normalized spacial score (nSPS) is 21.8. The average molecular weight is 280 g/mol. The molecule has 1 aromatic rings. The van der Waals surface area contributed by atoms with Crippen LogP contribution in [0.4, 0.5) is 11.4 Å². The topological polar surface area (TPSA) is 86.8 Å². The lowest BCUT2D eigenvalue weighted by atomic mass is 10.0. The van der Waals surface area contributed by atoms with Crippen molar-refractivity contribution in [1.82, 2.24) is 0 Å². The van der Waals surface area contributed by atoms with E-state index < -0.39 is 17.1 Å². The summed E-state index contributed by atoms with van der Waals surface area (Å²) in [7, 11) is 0. The molecule has 0 aromatic heterocycles. The predicted molar refractivity (Wildman–Crippen MR) is 75.7 cm³/mol. The monoisotopic (exact) mass is 280 g/mol. The SMILES string of the molecule is CC(O)C1CCN(c2ccc([C@@H](C)O)cc2[N+](=O)[O-])C1. The Hall–Kier alpha value is -1.66. The van der Waals surface area contributed by atoms with Crippen molar-refractivity contribution in [3.63, 3.8) is 0 Å². The highest BCUT2D eigenvalue weighted by Gasteiger charge is 2.30. The molecule has 2 unspecified atom stereocenters. The van der Waals surface area contributed by atoms with Crippen molar-refractivity contribution in [1.29, 1.82) is 0 Å². The highest BCUT2D eigenvalue weighted by atomic mass is 16.6. The average Bonchev–Trinajstić information content (AvgIpc) is 2.87. The van der Waals surface area contributed by atoms with Crippen LogP contribution in [0.3, 0.4) is 0 Å². The van der Waals surface area contributed by atoms with Crippen molar-refractivity contribution in [3.8, 4) is 0 Å². The third kappa shape index (κ3) is 2.91. The molecule has 0 amide bonds.